The third kappa shape index (κ3) is 68.2. The molecule has 0 aliphatic carbocycles. The molecule has 9 heteroatoms. The van der Waals surface area contributed by atoms with Crippen molar-refractivity contribution in [3.8, 4) is 0 Å². The zero-order valence-electron chi connectivity index (χ0n) is 57.2. The van der Waals surface area contributed by atoms with Gasteiger partial charge in [-0.1, -0.05) is 365 Å². The van der Waals surface area contributed by atoms with Gasteiger partial charge < -0.3 is 19.8 Å². The number of phosphoric ester groups is 1. The molecule has 3 unspecified atom stereocenters. The molecule has 0 rings (SSSR count). The SMILES string of the molecule is CCCCCCC/C=C\C/C=C\CCCCCCCCCCCCCCCCCCCCCCCCCC(=O)NC(COP(=O)(O)OCC[N+](C)(C)C)C(O)/C=C/CCCCCCCCCCCCCCCCCCCCCCCCCCC. The number of hydrogen-bond acceptors (Lipinski definition) is 5. The number of nitrogens with zero attached hydrogens (tertiary/aromatic N) is 1. The Kier molecular flexibility index (Phi) is 65.1. The molecule has 0 saturated heterocycles. The van der Waals surface area contributed by atoms with E-state index in [0.29, 0.717) is 17.4 Å². The molecule has 1 amide bonds. The molecule has 0 spiro atoms. The van der Waals surface area contributed by atoms with Crippen molar-refractivity contribution in [2.45, 2.75) is 398 Å². The lowest BCUT2D eigenvalue weighted by Gasteiger charge is -2.25. The van der Waals surface area contributed by atoms with Crippen molar-refractivity contribution >= 4 is 13.7 Å². The molecule has 3 atom stereocenters. The molecule has 498 valence electrons. The van der Waals surface area contributed by atoms with Crippen molar-refractivity contribution in [3.05, 3.63) is 36.5 Å². The lowest BCUT2D eigenvalue weighted by Crippen LogP contribution is -2.45. The smallest absolute Gasteiger partial charge is 0.387 e. The highest BCUT2D eigenvalue weighted by atomic mass is 31.2. The van der Waals surface area contributed by atoms with E-state index in [1.807, 2.05) is 27.2 Å². The number of amides is 1. The van der Waals surface area contributed by atoms with Crippen LogP contribution in [0.15, 0.2) is 36.5 Å². The Labute approximate surface area is 525 Å². The maximum Gasteiger partial charge on any atom is 0.472 e. The molecule has 0 aliphatic rings. The Morgan fingerprint density at radius 2 is 0.679 bits per heavy atom. The first-order valence-electron chi connectivity index (χ1n) is 37.4. The van der Waals surface area contributed by atoms with E-state index in [0.717, 1.165) is 38.5 Å². The van der Waals surface area contributed by atoms with Gasteiger partial charge in [-0.2, -0.15) is 0 Å². The highest BCUT2D eigenvalue weighted by Gasteiger charge is 2.28. The first kappa shape index (κ1) is 82.7. The van der Waals surface area contributed by atoms with Gasteiger partial charge in [0.1, 0.15) is 13.2 Å². The van der Waals surface area contributed by atoms with Gasteiger partial charge in [-0.3, -0.25) is 13.8 Å². The number of phosphoric acid groups is 1. The van der Waals surface area contributed by atoms with Crippen LogP contribution in [-0.4, -0.2) is 73.4 Å². The van der Waals surface area contributed by atoms with Gasteiger partial charge in [0.15, 0.2) is 0 Å². The monoisotopic (exact) mass is 1200 g/mol. The standard InChI is InChI=1S/C75H147N2O6P/c1-6-8-10-12-14-16-18-20-22-24-26-28-30-32-34-35-36-37-38-39-40-41-43-45-47-49-51-53-55-57-59-61-63-65-67-69-75(79)76-73(72-83-84(80,81)82-71-70-77(3,4)5)74(78)68-66-64-62-60-58-56-54-52-50-48-46-44-42-33-31-29-27-25-23-21-19-17-15-13-11-9-7-2/h18,20,24,26,66,68,73-74,78H,6-17,19,21-23,25,27-65,67,69-72H2,1-5H3,(H-,76,79,80,81)/p+1/b20-18-,26-24-,68-66+. The quantitative estimate of drug-likeness (QED) is 0.0243. The summed E-state index contributed by atoms with van der Waals surface area (Å²) in [5.41, 5.74) is 0. The van der Waals surface area contributed by atoms with Crippen LogP contribution in [0, 0.1) is 0 Å². The molecule has 0 aromatic heterocycles. The molecule has 0 heterocycles. The first-order chi connectivity index (χ1) is 41.0. The minimum Gasteiger partial charge on any atom is -0.387 e. The number of rotatable bonds is 70. The number of carbonyl (C=O) groups is 1. The Morgan fingerprint density at radius 1 is 0.405 bits per heavy atom. The predicted octanol–water partition coefficient (Wildman–Crippen LogP) is 24.0. The second kappa shape index (κ2) is 66.1. The molecule has 0 radical (unpaired) electrons. The number of hydrogen-bond donors (Lipinski definition) is 3. The molecule has 0 bridgehead atoms. The summed E-state index contributed by atoms with van der Waals surface area (Å²) in [5.74, 6) is -0.168. The summed E-state index contributed by atoms with van der Waals surface area (Å²) < 4.78 is 23.9. The predicted molar refractivity (Wildman–Crippen MR) is 369 cm³/mol. The van der Waals surface area contributed by atoms with Crippen LogP contribution in [0.4, 0.5) is 0 Å². The molecule has 0 saturated carbocycles. The van der Waals surface area contributed by atoms with Gasteiger partial charge in [0, 0.05) is 6.42 Å². The lowest BCUT2D eigenvalue weighted by molar-refractivity contribution is -0.870. The van der Waals surface area contributed by atoms with E-state index in [1.54, 1.807) is 6.08 Å². The first-order valence-corrected chi connectivity index (χ1v) is 38.9. The molecule has 0 aliphatic heterocycles. The number of aliphatic hydroxyl groups is 1. The van der Waals surface area contributed by atoms with Crippen LogP contribution >= 0.6 is 7.82 Å². The minimum absolute atomic E-state index is 0.0640. The molecule has 0 fully saturated rings. The fraction of sp³-hybridized carbons (Fsp3) is 0.907. The largest absolute Gasteiger partial charge is 0.472 e. The molecular formula is C75H148N2O6P+. The topological polar surface area (TPSA) is 105 Å². The van der Waals surface area contributed by atoms with Gasteiger partial charge in [0.05, 0.1) is 39.9 Å². The number of carbonyl (C=O) groups excluding carboxylic acids is 1. The maximum absolute atomic E-state index is 13.1. The normalized spacial score (nSPS) is 13.8. The van der Waals surface area contributed by atoms with Crippen LogP contribution in [0.1, 0.15) is 386 Å². The second-order valence-electron chi connectivity index (χ2n) is 27.0. The summed E-state index contributed by atoms with van der Waals surface area (Å²) in [4.78, 5) is 23.5. The molecule has 0 aromatic carbocycles. The number of likely N-dealkylation sites (N-methyl/N-ethyl adjacent to an activating group) is 1. The average molecular weight is 1200 g/mol. The van der Waals surface area contributed by atoms with E-state index >= 15 is 0 Å². The number of aliphatic hydroxyl groups excluding tert-OH is 1. The third-order valence-electron chi connectivity index (χ3n) is 17.4. The Balaban J connectivity index is 3.98. The molecule has 0 aromatic rings. The molecular weight excluding hydrogens is 1060 g/mol. The van der Waals surface area contributed by atoms with Crippen LogP contribution in [0.2, 0.25) is 0 Å². The van der Waals surface area contributed by atoms with E-state index in [1.165, 1.54) is 327 Å². The Morgan fingerprint density at radius 3 is 0.976 bits per heavy atom. The van der Waals surface area contributed by atoms with Crippen molar-refractivity contribution in [3.63, 3.8) is 0 Å². The highest BCUT2D eigenvalue weighted by molar-refractivity contribution is 7.47. The maximum atomic E-state index is 13.1. The van der Waals surface area contributed by atoms with Crippen LogP contribution in [0.25, 0.3) is 0 Å². The van der Waals surface area contributed by atoms with Crippen LogP contribution < -0.4 is 5.32 Å². The van der Waals surface area contributed by atoms with E-state index in [-0.39, 0.29) is 19.1 Å². The number of unbranched alkanes of at least 4 members (excludes halogenated alkanes) is 53. The molecule has 8 nitrogen and oxygen atoms in total. The lowest BCUT2D eigenvalue weighted by atomic mass is 10.0. The van der Waals surface area contributed by atoms with Gasteiger partial charge in [0.2, 0.25) is 5.91 Å². The zero-order valence-corrected chi connectivity index (χ0v) is 58.1. The minimum atomic E-state index is -4.35. The fourth-order valence-corrected chi connectivity index (χ4v) is 12.3. The fourth-order valence-electron chi connectivity index (χ4n) is 11.5. The van der Waals surface area contributed by atoms with Crippen molar-refractivity contribution < 1.29 is 32.9 Å². The summed E-state index contributed by atoms with van der Waals surface area (Å²) in [5, 5.41) is 14.0. The average Bonchev–Trinajstić information content (AvgIpc) is 3.56. The van der Waals surface area contributed by atoms with Gasteiger partial charge >= 0.3 is 7.82 Å². The van der Waals surface area contributed by atoms with Crippen molar-refractivity contribution in [2.24, 2.45) is 0 Å². The number of quaternary nitrogens is 1. The van der Waals surface area contributed by atoms with Gasteiger partial charge in [-0.15, -0.1) is 0 Å². The Bertz CT molecular complexity index is 1460. The van der Waals surface area contributed by atoms with E-state index in [4.69, 9.17) is 9.05 Å². The van der Waals surface area contributed by atoms with Crippen molar-refractivity contribution in [1.29, 1.82) is 0 Å². The summed E-state index contributed by atoms with van der Waals surface area (Å²) in [6, 6.07) is -0.846. The molecule has 84 heavy (non-hydrogen) atoms. The van der Waals surface area contributed by atoms with Crippen LogP contribution in [-0.2, 0) is 18.4 Å². The molecule has 3 N–H and O–H groups in total. The van der Waals surface area contributed by atoms with E-state index < -0.39 is 20.0 Å². The summed E-state index contributed by atoms with van der Waals surface area (Å²) in [7, 11) is 1.59. The van der Waals surface area contributed by atoms with E-state index in [2.05, 4.69) is 43.5 Å². The van der Waals surface area contributed by atoms with Crippen LogP contribution in [0.3, 0.4) is 0 Å². The second-order valence-corrected chi connectivity index (χ2v) is 28.5. The zero-order chi connectivity index (χ0) is 61.2. The third-order valence-corrected chi connectivity index (χ3v) is 18.3. The summed E-state index contributed by atoms with van der Waals surface area (Å²) >= 11 is 0. The van der Waals surface area contributed by atoms with Crippen LogP contribution in [0.5, 0.6) is 0 Å². The van der Waals surface area contributed by atoms with Gasteiger partial charge in [0.25, 0.3) is 0 Å². The summed E-state index contributed by atoms with van der Waals surface area (Å²) in [6.45, 7) is 4.87. The van der Waals surface area contributed by atoms with Gasteiger partial charge in [-0.05, 0) is 51.4 Å². The Hall–Kier alpha value is -1.28. The summed E-state index contributed by atoms with van der Waals surface area (Å²) in [6.07, 6.45) is 88.8. The number of allylic oxidation sites excluding steroid dienone is 5. The van der Waals surface area contributed by atoms with Crippen molar-refractivity contribution in [1.82, 2.24) is 5.32 Å². The highest BCUT2D eigenvalue weighted by Crippen LogP contribution is 2.43. The number of nitrogens with one attached hydrogen (secondary N) is 1. The van der Waals surface area contributed by atoms with Crippen molar-refractivity contribution in [2.75, 3.05) is 40.9 Å². The van der Waals surface area contributed by atoms with E-state index in [9.17, 15) is 19.4 Å². The van der Waals surface area contributed by atoms with Gasteiger partial charge in [-0.25, -0.2) is 4.57 Å².